The number of ether oxygens (including phenoxy) is 2. The third-order valence-corrected chi connectivity index (χ3v) is 10.2. The number of anilines is 1. The summed E-state index contributed by atoms with van der Waals surface area (Å²) >= 11 is 1.47. The van der Waals surface area contributed by atoms with Gasteiger partial charge in [0.1, 0.15) is 0 Å². The van der Waals surface area contributed by atoms with E-state index in [1.54, 1.807) is 24.0 Å². The molecule has 14 heteroatoms. The molecule has 0 aliphatic carbocycles. The van der Waals surface area contributed by atoms with Gasteiger partial charge in [0.25, 0.3) is 5.91 Å². The molecule has 0 N–H and O–H groups in total. The average molecular weight is 638 g/mol. The number of halogens is 1. The van der Waals surface area contributed by atoms with Gasteiger partial charge in [0.15, 0.2) is 5.13 Å². The van der Waals surface area contributed by atoms with Crippen LogP contribution in [0.4, 0.5) is 9.93 Å². The largest absolute Gasteiger partial charge is 0.450 e. The summed E-state index contributed by atoms with van der Waals surface area (Å²) in [4.78, 5) is 36.1. The molecule has 2 saturated heterocycles. The van der Waals surface area contributed by atoms with E-state index in [-0.39, 0.29) is 56.0 Å². The van der Waals surface area contributed by atoms with Crippen molar-refractivity contribution in [2.24, 2.45) is 0 Å². The topological polar surface area (TPSA) is 113 Å². The van der Waals surface area contributed by atoms with Crippen molar-refractivity contribution in [3.05, 3.63) is 54.1 Å². The number of carbonyl (C=O) groups excluding carboxylic acids is 2. The number of thiazole rings is 1. The second kappa shape index (κ2) is 14.6. The number of nitrogens with zero attached hydrogens (tertiary/aromatic N) is 5. The predicted molar refractivity (Wildman–Crippen MR) is 164 cm³/mol. The number of morpholine rings is 1. The first-order valence-electron chi connectivity index (χ1n) is 13.9. The number of piperazine rings is 1. The second-order valence-corrected chi connectivity index (χ2v) is 12.8. The fourth-order valence-corrected chi connectivity index (χ4v) is 7.35. The highest BCUT2D eigenvalue weighted by molar-refractivity contribution is 7.89. The Hall–Kier alpha value is -2.81. The van der Waals surface area contributed by atoms with E-state index in [9.17, 15) is 18.0 Å². The zero-order chi connectivity index (χ0) is 28.8. The van der Waals surface area contributed by atoms with Crippen LogP contribution in [-0.4, -0.2) is 112 Å². The molecule has 11 nitrogen and oxygen atoms in total. The van der Waals surface area contributed by atoms with Gasteiger partial charge >= 0.3 is 6.09 Å². The normalized spacial score (nSPS) is 16.6. The first-order valence-corrected chi connectivity index (χ1v) is 16.1. The van der Waals surface area contributed by atoms with Crippen molar-refractivity contribution in [2.75, 3.05) is 77.1 Å². The van der Waals surface area contributed by atoms with Crippen LogP contribution in [0.2, 0.25) is 0 Å². The summed E-state index contributed by atoms with van der Waals surface area (Å²) in [6.45, 7) is 7.40. The lowest BCUT2D eigenvalue weighted by Gasteiger charge is -2.33. The Morgan fingerprint density at radius 2 is 1.69 bits per heavy atom. The van der Waals surface area contributed by atoms with Gasteiger partial charge in [-0.25, -0.2) is 18.2 Å². The van der Waals surface area contributed by atoms with Crippen LogP contribution < -0.4 is 4.90 Å². The first-order chi connectivity index (χ1) is 19.9. The van der Waals surface area contributed by atoms with Crippen molar-refractivity contribution in [1.29, 1.82) is 0 Å². The van der Waals surface area contributed by atoms with Gasteiger partial charge in [-0.3, -0.25) is 14.6 Å². The van der Waals surface area contributed by atoms with Crippen LogP contribution in [0.3, 0.4) is 0 Å². The summed E-state index contributed by atoms with van der Waals surface area (Å²) in [7, 11) is -3.78. The minimum Gasteiger partial charge on any atom is -0.450 e. The summed E-state index contributed by atoms with van der Waals surface area (Å²) in [5.74, 6) is -0.224. The Balaban J connectivity index is 0.00000405. The van der Waals surface area contributed by atoms with Crippen molar-refractivity contribution in [3.8, 4) is 0 Å². The standard InChI is InChI=1S/C28H35N5O6S2.ClH/c1-2-39-28(35)31-14-16-32(17-15-31)41(36,37)23-10-8-22(9-11-23)26(34)33(13-5-12-30-18-20-38-21-19-30)27-29-24-6-3-4-7-25(24)40-27;/h3-4,6-11H,2,5,12-21H2,1H3;1H. The number of benzene rings is 2. The summed E-state index contributed by atoms with van der Waals surface area (Å²) < 4.78 is 39.4. The lowest BCUT2D eigenvalue weighted by atomic mass is 10.2. The maximum absolute atomic E-state index is 13.8. The zero-order valence-electron chi connectivity index (χ0n) is 23.5. The van der Waals surface area contributed by atoms with Gasteiger partial charge in [0.2, 0.25) is 10.0 Å². The third kappa shape index (κ3) is 7.39. The number of hydrogen-bond acceptors (Lipinski definition) is 9. The number of carbonyl (C=O) groups is 2. The Morgan fingerprint density at radius 3 is 2.36 bits per heavy atom. The SMILES string of the molecule is CCOC(=O)N1CCN(S(=O)(=O)c2ccc(C(=O)N(CCCN3CCOCC3)c3nc4ccccc4s3)cc2)CC1.Cl. The van der Waals surface area contributed by atoms with E-state index in [0.29, 0.717) is 17.2 Å². The Morgan fingerprint density at radius 1 is 1.00 bits per heavy atom. The van der Waals surface area contributed by atoms with Gasteiger partial charge < -0.3 is 14.4 Å². The first kappa shape index (κ1) is 32.1. The molecule has 0 atom stereocenters. The van der Waals surface area contributed by atoms with Gasteiger partial charge in [-0.1, -0.05) is 23.5 Å². The Bertz CT molecular complexity index is 1420. The molecule has 42 heavy (non-hydrogen) atoms. The molecule has 2 fully saturated rings. The van der Waals surface area contributed by atoms with Crippen LogP contribution >= 0.6 is 23.7 Å². The molecule has 3 heterocycles. The van der Waals surface area contributed by atoms with Crippen LogP contribution in [0.1, 0.15) is 23.7 Å². The number of fused-ring (bicyclic) bond motifs is 1. The minimum absolute atomic E-state index is 0. The summed E-state index contributed by atoms with van der Waals surface area (Å²) in [6.07, 6.45) is 0.335. The van der Waals surface area contributed by atoms with Crippen molar-refractivity contribution < 1.29 is 27.5 Å². The van der Waals surface area contributed by atoms with Gasteiger partial charge in [-0.15, -0.1) is 12.4 Å². The molecule has 5 rings (SSSR count). The quantitative estimate of drug-likeness (QED) is 0.350. The molecule has 1 aromatic heterocycles. The Labute approximate surface area is 256 Å². The van der Waals surface area contributed by atoms with E-state index in [1.807, 2.05) is 24.3 Å². The fourth-order valence-electron chi connectivity index (χ4n) is 4.94. The third-order valence-electron chi connectivity index (χ3n) is 7.22. The maximum Gasteiger partial charge on any atom is 0.409 e. The van der Waals surface area contributed by atoms with Crippen molar-refractivity contribution in [3.63, 3.8) is 0 Å². The average Bonchev–Trinajstić information content (AvgIpc) is 3.44. The molecule has 2 aliphatic rings. The van der Waals surface area contributed by atoms with E-state index in [2.05, 4.69) is 4.90 Å². The monoisotopic (exact) mass is 637 g/mol. The summed E-state index contributed by atoms with van der Waals surface area (Å²) in [6, 6.07) is 13.9. The molecular weight excluding hydrogens is 602 g/mol. The molecule has 0 saturated carbocycles. The van der Waals surface area contributed by atoms with Gasteiger partial charge in [-0.05, 0) is 49.7 Å². The Kier molecular flexibility index (Phi) is 11.1. The number of para-hydroxylation sites is 1. The van der Waals surface area contributed by atoms with Crippen molar-refractivity contribution >= 4 is 61.1 Å². The molecule has 228 valence electrons. The molecule has 2 aliphatic heterocycles. The number of aromatic nitrogens is 1. The molecule has 0 unspecified atom stereocenters. The predicted octanol–water partition coefficient (Wildman–Crippen LogP) is 3.55. The zero-order valence-corrected chi connectivity index (χ0v) is 26.0. The van der Waals surface area contributed by atoms with Gasteiger partial charge in [0.05, 0.1) is 34.9 Å². The van der Waals surface area contributed by atoms with Crippen LogP contribution in [0.15, 0.2) is 53.4 Å². The van der Waals surface area contributed by atoms with Crippen LogP contribution in [0.25, 0.3) is 10.2 Å². The number of hydrogen-bond donors (Lipinski definition) is 0. The highest BCUT2D eigenvalue weighted by Crippen LogP contribution is 2.30. The minimum atomic E-state index is -3.78. The molecule has 0 radical (unpaired) electrons. The number of sulfonamides is 1. The van der Waals surface area contributed by atoms with E-state index in [1.165, 1.54) is 32.7 Å². The van der Waals surface area contributed by atoms with Crippen LogP contribution in [-0.2, 0) is 19.5 Å². The fraction of sp³-hybridized carbons (Fsp3) is 0.464. The lowest BCUT2D eigenvalue weighted by Crippen LogP contribution is -2.50. The summed E-state index contributed by atoms with van der Waals surface area (Å²) in [5.41, 5.74) is 1.23. The van der Waals surface area contributed by atoms with Crippen molar-refractivity contribution in [2.45, 2.75) is 18.2 Å². The lowest BCUT2D eigenvalue weighted by molar-refractivity contribution is 0.0376. The van der Waals surface area contributed by atoms with Crippen LogP contribution in [0.5, 0.6) is 0 Å². The molecule has 0 spiro atoms. The number of rotatable bonds is 9. The molecule has 0 bridgehead atoms. The smallest absolute Gasteiger partial charge is 0.409 e. The van der Waals surface area contributed by atoms with Gasteiger partial charge in [0, 0.05) is 57.9 Å². The molecule has 2 aromatic carbocycles. The van der Waals surface area contributed by atoms with Crippen molar-refractivity contribution in [1.82, 2.24) is 19.1 Å². The highest BCUT2D eigenvalue weighted by atomic mass is 35.5. The van der Waals surface area contributed by atoms with Crippen LogP contribution in [0, 0.1) is 0 Å². The summed E-state index contributed by atoms with van der Waals surface area (Å²) in [5, 5.41) is 0.620. The van der Waals surface area contributed by atoms with Gasteiger partial charge in [-0.2, -0.15) is 4.31 Å². The second-order valence-electron chi connectivity index (χ2n) is 9.84. The van der Waals surface area contributed by atoms with E-state index < -0.39 is 16.1 Å². The number of amides is 2. The highest BCUT2D eigenvalue weighted by Gasteiger charge is 2.31. The molecular formula is C28H36ClN5O6S2. The maximum atomic E-state index is 13.8. The molecule has 2 amide bonds. The van der Waals surface area contributed by atoms with E-state index in [0.717, 1.165) is 49.5 Å². The van der Waals surface area contributed by atoms with E-state index >= 15 is 0 Å². The molecule has 3 aromatic rings. The van der Waals surface area contributed by atoms with E-state index in [4.69, 9.17) is 14.5 Å².